The number of nitrogens with two attached hydrogens (primary N) is 1. The molecule has 2 rings (SSSR count). The lowest BCUT2D eigenvalue weighted by molar-refractivity contribution is -0.121. The van der Waals surface area contributed by atoms with E-state index in [1.807, 2.05) is 12.1 Å². The smallest absolute Gasteiger partial charge is 0.227 e. The molecule has 0 atom stereocenters. The van der Waals surface area contributed by atoms with Crippen LogP contribution in [0.25, 0.3) is 0 Å². The van der Waals surface area contributed by atoms with Gasteiger partial charge in [-0.05, 0) is 76.1 Å². The van der Waals surface area contributed by atoms with E-state index in [0.29, 0.717) is 11.7 Å². The first kappa shape index (κ1) is 16.8. The van der Waals surface area contributed by atoms with Crippen LogP contribution in [-0.4, -0.2) is 19.6 Å². The number of benzene rings is 1. The third-order valence-electron chi connectivity index (χ3n) is 4.05. The van der Waals surface area contributed by atoms with Crippen LogP contribution in [0.1, 0.15) is 25.7 Å². The highest BCUT2D eigenvalue weighted by molar-refractivity contribution is 9.11. The molecule has 1 fully saturated rings. The van der Waals surface area contributed by atoms with Crippen molar-refractivity contribution in [2.75, 3.05) is 19.0 Å². The molecule has 1 aromatic carbocycles. The Morgan fingerprint density at radius 1 is 1.29 bits per heavy atom. The van der Waals surface area contributed by atoms with Crippen LogP contribution in [0.4, 0.5) is 5.69 Å². The number of carbonyl (C=O) groups is 1. The van der Waals surface area contributed by atoms with Gasteiger partial charge in [-0.25, -0.2) is 0 Å². The van der Waals surface area contributed by atoms with Crippen LogP contribution in [0.5, 0.6) is 5.75 Å². The average molecular weight is 420 g/mol. The minimum absolute atomic E-state index is 0.0781. The van der Waals surface area contributed by atoms with E-state index in [1.165, 1.54) is 0 Å². The third kappa shape index (κ3) is 4.20. The van der Waals surface area contributed by atoms with Crippen molar-refractivity contribution in [2.45, 2.75) is 25.7 Å². The fraction of sp³-hybridized carbons (Fsp3) is 0.533. The number of halogens is 2. The SMILES string of the molecule is COc1cc(NC(=O)C2CCC(CN)CC2)c(Br)cc1Br. The van der Waals surface area contributed by atoms with E-state index < -0.39 is 0 Å². The lowest BCUT2D eigenvalue weighted by Gasteiger charge is -2.27. The molecule has 21 heavy (non-hydrogen) atoms. The van der Waals surface area contributed by atoms with Crippen LogP contribution in [0.15, 0.2) is 21.1 Å². The van der Waals surface area contributed by atoms with Crippen LogP contribution in [0.3, 0.4) is 0 Å². The number of methoxy groups -OCH3 is 1. The number of carbonyl (C=O) groups excluding carboxylic acids is 1. The van der Waals surface area contributed by atoms with Crippen LogP contribution in [0.2, 0.25) is 0 Å². The molecule has 6 heteroatoms. The first-order chi connectivity index (χ1) is 10.0. The minimum Gasteiger partial charge on any atom is -0.495 e. The van der Waals surface area contributed by atoms with E-state index in [9.17, 15) is 4.79 Å². The van der Waals surface area contributed by atoms with E-state index in [4.69, 9.17) is 10.5 Å². The lowest BCUT2D eigenvalue weighted by Crippen LogP contribution is -2.29. The Hall–Kier alpha value is -0.590. The topological polar surface area (TPSA) is 64.3 Å². The number of ether oxygens (including phenoxy) is 1. The molecule has 0 heterocycles. The molecule has 0 aromatic heterocycles. The zero-order chi connectivity index (χ0) is 15.4. The standard InChI is InChI=1S/C15H20Br2N2O2/c1-21-14-7-13(11(16)6-12(14)17)19-15(20)10-4-2-9(8-18)3-5-10/h6-7,9-10H,2-5,8,18H2,1H3,(H,19,20). The molecule has 1 aromatic rings. The number of amides is 1. The third-order valence-corrected chi connectivity index (χ3v) is 5.33. The molecule has 1 aliphatic carbocycles. The van der Waals surface area contributed by atoms with Gasteiger partial charge in [-0.2, -0.15) is 0 Å². The predicted molar refractivity (Wildman–Crippen MR) is 91.5 cm³/mol. The summed E-state index contributed by atoms with van der Waals surface area (Å²) >= 11 is 6.89. The van der Waals surface area contributed by atoms with Gasteiger partial charge in [-0.15, -0.1) is 0 Å². The maximum Gasteiger partial charge on any atom is 0.227 e. The molecule has 0 saturated heterocycles. The molecular weight excluding hydrogens is 400 g/mol. The second-order valence-electron chi connectivity index (χ2n) is 5.41. The van der Waals surface area contributed by atoms with E-state index in [-0.39, 0.29) is 11.8 Å². The molecule has 1 amide bonds. The Labute approximate surface area is 142 Å². The van der Waals surface area contributed by atoms with Gasteiger partial charge in [0.25, 0.3) is 0 Å². The summed E-state index contributed by atoms with van der Waals surface area (Å²) in [5.41, 5.74) is 6.43. The Morgan fingerprint density at radius 3 is 2.52 bits per heavy atom. The Kier molecular flexibility index (Phi) is 6.08. The summed E-state index contributed by atoms with van der Waals surface area (Å²) in [5, 5.41) is 3.00. The van der Waals surface area contributed by atoms with Crippen molar-refractivity contribution in [3.63, 3.8) is 0 Å². The molecule has 0 unspecified atom stereocenters. The largest absolute Gasteiger partial charge is 0.495 e. The van der Waals surface area contributed by atoms with Gasteiger partial charge in [0.2, 0.25) is 5.91 Å². The van der Waals surface area contributed by atoms with Gasteiger partial charge in [0, 0.05) is 16.5 Å². The van der Waals surface area contributed by atoms with Gasteiger partial charge < -0.3 is 15.8 Å². The van der Waals surface area contributed by atoms with E-state index >= 15 is 0 Å². The van der Waals surface area contributed by atoms with Crippen molar-refractivity contribution >= 4 is 43.5 Å². The van der Waals surface area contributed by atoms with Crippen LogP contribution in [-0.2, 0) is 4.79 Å². The summed E-state index contributed by atoms with van der Waals surface area (Å²) in [5.74, 6) is 1.43. The molecule has 4 nitrogen and oxygen atoms in total. The maximum absolute atomic E-state index is 12.4. The molecule has 1 aliphatic rings. The number of hydrogen-bond donors (Lipinski definition) is 2. The summed E-state index contributed by atoms with van der Waals surface area (Å²) < 4.78 is 6.94. The monoisotopic (exact) mass is 418 g/mol. The molecule has 0 bridgehead atoms. The highest BCUT2D eigenvalue weighted by Gasteiger charge is 2.26. The fourth-order valence-corrected chi connectivity index (χ4v) is 3.93. The lowest BCUT2D eigenvalue weighted by atomic mass is 9.81. The van der Waals surface area contributed by atoms with Crippen LogP contribution < -0.4 is 15.8 Å². The highest BCUT2D eigenvalue weighted by atomic mass is 79.9. The first-order valence-corrected chi connectivity index (χ1v) is 8.67. The number of anilines is 1. The molecule has 1 saturated carbocycles. The van der Waals surface area contributed by atoms with E-state index in [1.54, 1.807) is 7.11 Å². The molecule has 116 valence electrons. The normalized spacial score (nSPS) is 21.9. The van der Waals surface area contributed by atoms with Gasteiger partial charge in [0.05, 0.1) is 17.3 Å². The zero-order valence-corrected chi connectivity index (χ0v) is 15.2. The highest BCUT2D eigenvalue weighted by Crippen LogP contribution is 2.35. The summed E-state index contributed by atoms with van der Waals surface area (Å²) in [6.45, 7) is 0.726. The molecule has 3 N–H and O–H groups in total. The van der Waals surface area contributed by atoms with Crippen LogP contribution in [0, 0.1) is 11.8 Å². The quantitative estimate of drug-likeness (QED) is 0.777. The predicted octanol–water partition coefficient (Wildman–Crippen LogP) is 3.92. The Bertz CT molecular complexity index is 515. The number of nitrogens with one attached hydrogen (secondary N) is 1. The maximum atomic E-state index is 12.4. The van der Waals surface area contributed by atoms with E-state index in [2.05, 4.69) is 37.2 Å². The van der Waals surface area contributed by atoms with Gasteiger partial charge in [-0.1, -0.05) is 0 Å². The second-order valence-corrected chi connectivity index (χ2v) is 7.12. The van der Waals surface area contributed by atoms with Crippen LogP contribution >= 0.6 is 31.9 Å². The van der Waals surface area contributed by atoms with Crippen molar-refractivity contribution in [3.05, 3.63) is 21.1 Å². The van der Waals surface area contributed by atoms with Gasteiger partial charge >= 0.3 is 0 Å². The average Bonchev–Trinajstić information content (AvgIpc) is 2.50. The first-order valence-electron chi connectivity index (χ1n) is 7.09. The van der Waals surface area contributed by atoms with E-state index in [0.717, 1.165) is 46.9 Å². The number of rotatable bonds is 4. The summed E-state index contributed by atoms with van der Waals surface area (Å²) in [7, 11) is 1.60. The Morgan fingerprint density at radius 2 is 1.95 bits per heavy atom. The minimum atomic E-state index is 0.0781. The fourth-order valence-electron chi connectivity index (χ4n) is 2.68. The summed E-state index contributed by atoms with van der Waals surface area (Å²) in [4.78, 5) is 12.4. The molecule has 0 aliphatic heterocycles. The van der Waals surface area contributed by atoms with Gasteiger partial charge in [0.15, 0.2) is 0 Å². The molecular formula is C15H20Br2N2O2. The zero-order valence-electron chi connectivity index (χ0n) is 12.0. The Balaban J connectivity index is 2.03. The van der Waals surface area contributed by atoms with Crippen molar-refractivity contribution in [3.8, 4) is 5.75 Å². The summed E-state index contributed by atoms with van der Waals surface area (Å²) in [6.07, 6.45) is 3.91. The van der Waals surface area contributed by atoms with Crippen molar-refractivity contribution in [1.29, 1.82) is 0 Å². The number of hydrogen-bond acceptors (Lipinski definition) is 3. The second kappa shape index (κ2) is 7.61. The molecule has 0 spiro atoms. The van der Waals surface area contributed by atoms with Gasteiger partial charge in [-0.3, -0.25) is 4.79 Å². The summed E-state index contributed by atoms with van der Waals surface area (Å²) in [6, 6.07) is 3.69. The van der Waals surface area contributed by atoms with Crippen molar-refractivity contribution in [1.82, 2.24) is 0 Å². The van der Waals surface area contributed by atoms with Gasteiger partial charge in [0.1, 0.15) is 5.75 Å². The molecule has 0 radical (unpaired) electrons. The van der Waals surface area contributed by atoms with Crippen molar-refractivity contribution < 1.29 is 9.53 Å². The van der Waals surface area contributed by atoms with Crippen molar-refractivity contribution in [2.24, 2.45) is 17.6 Å².